The van der Waals surface area contributed by atoms with Crippen LogP contribution in [0.5, 0.6) is 0 Å². The van der Waals surface area contributed by atoms with E-state index in [4.69, 9.17) is 9.84 Å². The number of carbonyl (C=O) groups is 1. The summed E-state index contributed by atoms with van der Waals surface area (Å²) in [7, 11) is 0. The van der Waals surface area contributed by atoms with Crippen molar-refractivity contribution in [1.29, 1.82) is 0 Å². The highest BCUT2D eigenvalue weighted by molar-refractivity contribution is 5.97. The molecule has 1 amide bonds. The molecule has 2 aliphatic rings. The number of carbonyl (C=O) groups excluding carboxylic acids is 1. The van der Waals surface area contributed by atoms with Crippen LogP contribution in [0.4, 0.5) is 0 Å². The topological polar surface area (TPSA) is 109 Å². The van der Waals surface area contributed by atoms with Gasteiger partial charge in [0.1, 0.15) is 17.8 Å². The smallest absolute Gasteiger partial charge is 0.248 e. The van der Waals surface area contributed by atoms with Crippen LogP contribution in [-0.2, 0) is 16.1 Å². The normalized spacial score (nSPS) is 17.3. The van der Waals surface area contributed by atoms with Gasteiger partial charge >= 0.3 is 0 Å². The number of nitrogens with one attached hydrogen (secondary N) is 1. The third kappa shape index (κ3) is 4.21. The number of ether oxygens (including phenoxy) is 1. The number of aliphatic hydroxyl groups is 1. The van der Waals surface area contributed by atoms with Crippen molar-refractivity contribution in [2.45, 2.75) is 25.8 Å². The first kappa shape index (κ1) is 21.9. The minimum absolute atomic E-state index is 0.234. The Balaban J connectivity index is 1.32. The average Bonchev–Trinajstić information content (AvgIpc) is 3.53. The first-order chi connectivity index (χ1) is 17.2. The van der Waals surface area contributed by atoms with E-state index in [9.17, 15) is 4.79 Å². The van der Waals surface area contributed by atoms with Gasteiger partial charge in [0.05, 0.1) is 5.52 Å². The molecule has 0 unspecified atom stereocenters. The summed E-state index contributed by atoms with van der Waals surface area (Å²) in [6, 6.07) is 10.5. The molecule has 1 saturated heterocycles. The van der Waals surface area contributed by atoms with Crippen molar-refractivity contribution in [3.8, 4) is 11.1 Å². The van der Waals surface area contributed by atoms with Crippen molar-refractivity contribution in [1.82, 2.24) is 29.9 Å². The Morgan fingerprint density at radius 1 is 1.20 bits per heavy atom. The predicted molar refractivity (Wildman–Crippen MR) is 132 cm³/mol. The quantitative estimate of drug-likeness (QED) is 0.462. The van der Waals surface area contributed by atoms with Crippen molar-refractivity contribution in [3.63, 3.8) is 0 Å². The lowest BCUT2D eigenvalue weighted by Gasteiger charge is -2.25. The van der Waals surface area contributed by atoms with Crippen LogP contribution in [0.25, 0.3) is 38.8 Å². The zero-order valence-electron chi connectivity index (χ0n) is 19.5. The van der Waals surface area contributed by atoms with Crippen LogP contribution in [0.3, 0.4) is 0 Å². The van der Waals surface area contributed by atoms with E-state index in [0.29, 0.717) is 19.0 Å². The first-order valence-corrected chi connectivity index (χ1v) is 12.2. The minimum atomic E-state index is -0.448. The molecule has 35 heavy (non-hydrogen) atoms. The maximum atomic E-state index is 11.8. The lowest BCUT2D eigenvalue weighted by molar-refractivity contribution is -0.133. The highest BCUT2D eigenvalue weighted by Crippen LogP contribution is 2.33. The molecule has 9 heteroatoms. The summed E-state index contributed by atoms with van der Waals surface area (Å²) in [5.74, 6) is 0.325. The number of aliphatic hydroxyl groups excluding tert-OH is 1. The van der Waals surface area contributed by atoms with Crippen LogP contribution in [0.15, 0.2) is 42.6 Å². The summed E-state index contributed by atoms with van der Waals surface area (Å²) >= 11 is 0. The molecule has 1 fully saturated rings. The third-order valence-corrected chi connectivity index (χ3v) is 7.17. The molecule has 0 aliphatic carbocycles. The zero-order valence-corrected chi connectivity index (χ0v) is 19.5. The molecule has 0 bridgehead atoms. The Labute approximate surface area is 202 Å². The molecule has 2 aliphatic heterocycles. The number of aromatic amines is 1. The number of rotatable bonds is 5. The van der Waals surface area contributed by atoms with E-state index >= 15 is 0 Å². The van der Waals surface area contributed by atoms with E-state index < -0.39 is 6.61 Å². The van der Waals surface area contributed by atoms with Crippen molar-refractivity contribution in [3.05, 3.63) is 48.3 Å². The monoisotopic (exact) mass is 472 g/mol. The Bertz CT molecular complexity index is 1420. The summed E-state index contributed by atoms with van der Waals surface area (Å²) in [5, 5.41) is 19.0. The van der Waals surface area contributed by atoms with Crippen LogP contribution in [0.1, 0.15) is 25.0 Å². The molecular weight excluding hydrogens is 444 g/mol. The van der Waals surface area contributed by atoms with Crippen molar-refractivity contribution < 1.29 is 14.6 Å². The number of pyridine rings is 1. The van der Waals surface area contributed by atoms with Gasteiger partial charge in [0.15, 0.2) is 0 Å². The summed E-state index contributed by atoms with van der Waals surface area (Å²) in [4.78, 5) is 21.5. The molecule has 2 N–H and O–H groups in total. The van der Waals surface area contributed by atoms with Crippen LogP contribution in [-0.4, -0.2) is 73.8 Å². The molecule has 5 heterocycles. The van der Waals surface area contributed by atoms with Gasteiger partial charge in [-0.3, -0.25) is 4.79 Å². The second-order valence-electron chi connectivity index (χ2n) is 9.31. The van der Waals surface area contributed by atoms with Gasteiger partial charge in [0, 0.05) is 50.1 Å². The van der Waals surface area contributed by atoms with Gasteiger partial charge in [-0.1, -0.05) is 17.4 Å². The van der Waals surface area contributed by atoms with Crippen molar-refractivity contribution in [2.24, 2.45) is 5.92 Å². The highest BCUT2D eigenvalue weighted by atomic mass is 16.5. The fourth-order valence-electron chi connectivity index (χ4n) is 5.13. The second-order valence-corrected chi connectivity index (χ2v) is 9.31. The Hall–Kier alpha value is -3.56. The van der Waals surface area contributed by atoms with Crippen LogP contribution >= 0.6 is 0 Å². The van der Waals surface area contributed by atoms with E-state index in [1.165, 1.54) is 0 Å². The maximum absolute atomic E-state index is 11.8. The number of H-pyrrole nitrogens is 1. The molecule has 180 valence electrons. The van der Waals surface area contributed by atoms with Gasteiger partial charge in [-0.25, -0.2) is 9.67 Å². The lowest BCUT2D eigenvalue weighted by Crippen LogP contribution is -2.36. The molecule has 4 aromatic rings. The van der Waals surface area contributed by atoms with Gasteiger partial charge in [-0.2, -0.15) is 0 Å². The molecule has 1 aromatic carbocycles. The minimum Gasteiger partial charge on any atom is -0.387 e. The average molecular weight is 473 g/mol. The van der Waals surface area contributed by atoms with E-state index in [-0.39, 0.29) is 5.91 Å². The molecule has 0 saturated carbocycles. The highest BCUT2D eigenvalue weighted by Gasteiger charge is 2.20. The Morgan fingerprint density at radius 3 is 2.89 bits per heavy atom. The zero-order chi connectivity index (χ0) is 23.8. The summed E-state index contributed by atoms with van der Waals surface area (Å²) in [6.07, 6.45) is 6.72. The van der Waals surface area contributed by atoms with Crippen LogP contribution in [0.2, 0.25) is 0 Å². The molecule has 9 nitrogen and oxygen atoms in total. The number of fused-ring (bicyclic) bond motifs is 2. The number of benzene rings is 1. The van der Waals surface area contributed by atoms with Crippen molar-refractivity contribution >= 4 is 33.5 Å². The molecule has 0 radical (unpaired) electrons. The summed E-state index contributed by atoms with van der Waals surface area (Å²) in [5.41, 5.74) is 7.15. The summed E-state index contributed by atoms with van der Waals surface area (Å²) in [6.45, 7) is 3.15. The molecule has 0 spiro atoms. The number of hydrogen-bond acceptors (Lipinski definition) is 6. The van der Waals surface area contributed by atoms with E-state index in [1.807, 2.05) is 29.1 Å². The van der Waals surface area contributed by atoms with E-state index in [2.05, 4.69) is 38.5 Å². The second kappa shape index (κ2) is 9.24. The van der Waals surface area contributed by atoms with Crippen molar-refractivity contribution in [2.75, 3.05) is 32.9 Å². The lowest BCUT2D eigenvalue weighted by atomic mass is 10.00. The molecular formula is C26H28N6O3. The molecule has 3 aromatic heterocycles. The van der Waals surface area contributed by atoms with Crippen LogP contribution in [0, 0.1) is 5.92 Å². The van der Waals surface area contributed by atoms with E-state index in [0.717, 1.165) is 83.5 Å². The fraction of sp³-hybridized carbons (Fsp3) is 0.385. The number of aromatic nitrogens is 5. The number of amides is 1. The largest absolute Gasteiger partial charge is 0.387 e. The molecule has 6 rings (SSSR count). The van der Waals surface area contributed by atoms with Gasteiger partial charge < -0.3 is 19.7 Å². The number of nitrogens with zero attached hydrogens (tertiary/aromatic N) is 5. The molecule has 0 atom stereocenters. The van der Waals surface area contributed by atoms with Gasteiger partial charge in [0.25, 0.3) is 0 Å². The first-order valence-electron chi connectivity index (χ1n) is 12.2. The summed E-state index contributed by atoms with van der Waals surface area (Å²) < 4.78 is 7.54. The Morgan fingerprint density at radius 2 is 2.09 bits per heavy atom. The number of hydrogen-bond donors (Lipinski definition) is 2. The SMILES string of the molecule is O=C(CO)N1CC=C(c2cc3c(-c4ccc5nnn(CC6CCOCC6)c5c4)ccnc3[nH]2)CC1. The third-order valence-electron chi connectivity index (χ3n) is 7.17. The van der Waals surface area contributed by atoms with Crippen LogP contribution < -0.4 is 0 Å². The predicted octanol–water partition coefficient (Wildman–Crippen LogP) is 3.01. The Kier molecular flexibility index (Phi) is 5.79. The fourth-order valence-corrected chi connectivity index (χ4v) is 5.13. The maximum Gasteiger partial charge on any atom is 0.248 e. The van der Waals surface area contributed by atoms with Gasteiger partial charge in [-0.05, 0) is 66.1 Å². The standard InChI is InChI=1S/C26H28N6O3/c33-16-25(34)31-9-4-18(5-10-31)23-14-21-20(3-8-27-26(21)28-23)19-1-2-22-24(13-19)32(30-29-22)15-17-6-11-35-12-7-17/h1-4,8,13-14,17,33H,5-7,9-12,15-16H2,(H,27,28). The van der Waals surface area contributed by atoms with Gasteiger partial charge in [0.2, 0.25) is 5.91 Å². The van der Waals surface area contributed by atoms with E-state index in [1.54, 1.807) is 4.90 Å². The van der Waals surface area contributed by atoms with Gasteiger partial charge in [-0.15, -0.1) is 5.10 Å².